The first kappa shape index (κ1) is 24.0. The van der Waals surface area contributed by atoms with Crippen LogP contribution in [0.2, 0.25) is 0 Å². The van der Waals surface area contributed by atoms with Crippen molar-refractivity contribution in [2.75, 3.05) is 5.32 Å². The lowest BCUT2D eigenvalue weighted by atomic mass is 10.0. The second-order valence-corrected chi connectivity index (χ2v) is 8.88. The third kappa shape index (κ3) is 5.02. The Morgan fingerprint density at radius 3 is 2.44 bits per heavy atom. The van der Waals surface area contributed by atoms with Crippen LogP contribution in [0.5, 0.6) is 5.75 Å². The van der Waals surface area contributed by atoms with Gasteiger partial charge in [0.1, 0.15) is 5.75 Å². The number of rotatable bonds is 7. The molecule has 4 aromatic rings. The van der Waals surface area contributed by atoms with E-state index in [1.54, 1.807) is 19.9 Å². The zero-order chi connectivity index (χ0) is 24.6. The molecule has 0 bridgehead atoms. The van der Waals surface area contributed by atoms with Crippen LogP contribution in [0, 0.1) is 0 Å². The summed E-state index contributed by atoms with van der Waals surface area (Å²) in [4.78, 5) is 17.1. The Morgan fingerprint density at radius 1 is 1.18 bits per heavy atom. The number of ether oxygens (including phenoxy) is 1. The van der Waals surface area contributed by atoms with Crippen molar-refractivity contribution in [1.82, 2.24) is 9.55 Å². The molecule has 2 aromatic carbocycles. The fourth-order valence-corrected chi connectivity index (χ4v) is 4.38. The van der Waals surface area contributed by atoms with Gasteiger partial charge in [0.15, 0.2) is 5.82 Å². The molecule has 4 rings (SSSR count). The van der Waals surface area contributed by atoms with Crippen molar-refractivity contribution in [3.05, 3.63) is 64.6 Å². The molecule has 0 fully saturated rings. The zero-order valence-corrected chi connectivity index (χ0v) is 19.4. The summed E-state index contributed by atoms with van der Waals surface area (Å²) >= 11 is 6.19. The monoisotopic (exact) mass is 511 g/mol. The van der Waals surface area contributed by atoms with Gasteiger partial charge in [-0.1, -0.05) is 0 Å². The van der Waals surface area contributed by atoms with Crippen molar-refractivity contribution in [3.8, 4) is 16.9 Å². The van der Waals surface area contributed by atoms with Gasteiger partial charge < -0.3 is 14.6 Å². The quantitative estimate of drug-likeness (QED) is 0.204. The number of hydrogen-bond donors (Lipinski definition) is 1. The highest BCUT2D eigenvalue weighted by molar-refractivity contribution is 7.08. The maximum atomic E-state index is 13.8. The summed E-state index contributed by atoms with van der Waals surface area (Å²) in [6, 6.07) is 9.83. The van der Waals surface area contributed by atoms with Gasteiger partial charge >= 0.3 is 5.57 Å². The van der Waals surface area contributed by atoms with Gasteiger partial charge in [0.25, 0.3) is 12.3 Å². The number of halogens is 5. The maximum Gasteiger partial charge on any atom is 0.487 e. The number of benzene rings is 2. The highest BCUT2D eigenvalue weighted by Gasteiger charge is 2.28. The molecule has 2 aromatic heterocycles. The Morgan fingerprint density at radius 2 is 1.88 bits per heavy atom. The molecule has 5 nitrogen and oxygen atoms in total. The Hall–Kier alpha value is -3.11. The van der Waals surface area contributed by atoms with Gasteiger partial charge in [-0.15, -0.1) is 8.78 Å². The molecule has 11 heteroatoms. The lowest BCUT2D eigenvalue weighted by molar-refractivity contribution is -0.0964. The second kappa shape index (κ2) is 9.27. The van der Waals surface area contributed by atoms with E-state index in [0.29, 0.717) is 16.8 Å². The number of anilines is 1. The van der Waals surface area contributed by atoms with E-state index in [2.05, 4.69) is 15.0 Å². The van der Waals surface area contributed by atoms with Crippen LogP contribution in [0.15, 0.2) is 53.2 Å². The van der Waals surface area contributed by atoms with Gasteiger partial charge in [0.05, 0.1) is 11.0 Å². The van der Waals surface area contributed by atoms with Crippen molar-refractivity contribution in [3.63, 3.8) is 0 Å². The largest absolute Gasteiger partial charge is 0.487 e. The number of nitrogens with one attached hydrogen (secondary N) is 1. The number of alkyl halides is 5. The summed E-state index contributed by atoms with van der Waals surface area (Å²) < 4.78 is 58.8. The Kier molecular flexibility index (Phi) is 6.55. The van der Waals surface area contributed by atoms with Crippen molar-refractivity contribution >= 4 is 45.6 Å². The van der Waals surface area contributed by atoms with Crippen LogP contribution in [-0.2, 0) is 0 Å². The number of fused-ring (bicyclic) bond motifs is 1. The minimum Gasteiger partial charge on any atom is -0.420 e. The van der Waals surface area contributed by atoms with Crippen LogP contribution < -0.4 is 10.1 Å². The molecule has 2 heterocycles. The van der Waals surface area contributed by atoms with E-state index in [1.165, 1.54) is 46.2 Å². The number of carbonyl (C=O) groups excluding carboxylic acids is 1. The highest BCUT2D eigenvalue weighted by atomic mass is 35.5. The first-order chi connectivity index (χ1) is 16.0. The van der Waals surface area contributed by atoms with Gasteiger partial charge in [-0.2, -0.15) is 11.3 Å². The van der Waals surface area contributed by atoms with E-state index < -0.39 is 17.9 Å². The third-order valence-corrected chi connectivity index (χ3v) is 5.72. The molecule has 0 unspecified atom stereocenters. The number of imidazole rings is 1. The molecule has 178 valence electrons. The molecule has 0 saturated carbocycles. The Balaban J connectivity index is 1.74. The van der Waals surface area contributed by atoms with Gasteiger partial charge in [-0.25, -0.2) is 13.8 Å². The molecule has 0 aliphatic heterocycles. The standard InChI is InChI=1S/C23H18ClF4N3O2S/c1-12(2)31-19-17(13-7-8-34-11-13)9-14(10-18(19)30-21(31)20(25)26)22(32)29-15-3-5-16(6-4-15)33-23(24,27)28/h3-12,20H,1-2H3,(H,29,32). The predicted octanol–water partition coefficient (Wildman–Crippen LogP) is 7.70. The van der Waals surface area contributed by atoms with Crippen LogP contribution in [0.4, 0.5) is 23.2 Å². The minimum absolute atomic E-state index is 0.182. The molecule has 1 N–H and O–H groups in total. The summed E-state index contributed by atoms with van der Waals surface area (Å²) in [7, 11) is 0. The average molecular weight is 512 g/mol. The zero-order valence-electron chi connectivity index (χ0n) is 17.9. The molecular formula is C23H18ClF4N3O2S. The van der Waals surface area contributed by atoms with Gasteiger partial charge in [-0.3, -0.25) is 4.79 Å². The summed E-state index contributed by atoms with van der Waals surface area (Å²) in [5.41, 5.74) is -1.17. The number of hydrogen-bond acceptors (Lipinski definition) is 4. The Labute approximate surface area is 200 Å². The average Bonchev–Trinajstić information content (AvgIpc) is 3.41. The van der Waals surface area contributed by atoms with E-state index >= 15 is 0 Å². The first-order valence-corrected chi connectivity index (χ1v) is 11.4. The number of thiophene rings is 1. The van der Waals surface area contributed by atoms with Crippen LogP contribution in [0.3, 0.4) is 0 Å². The molecule has 1 amide bonds. The van der Waals surface area contributed by atoms with E-state index in [1.807, 2.05) is 16.8 Å². The number of amides is 1. The van der Waals surface area contributed by atoms with Crippen LogP contribution in [-0.4, -0.2) is 21.0 Å². The summed E-state index contributed by atoms with van der Waals surface area (Å²) in [6.45, 7) is 3.58. The molecule has 0 aliphatic rings. The molecule has 0 aliphatic carbocycles. The topological polar surface area (TPSA) is 56.2 Å². The third-order valence-electron chi connectivity index (χ3n) is 4.96. The normalized spacial score (nSPS) is 12.0. The first-order valence-electron chi connectivity index (χ1n) is 10.1. The number of carbonyl (C=O) groups is 1. The van der Waals surface area contributed by atoms with Gasteiger partial charge in [-0.05, 0) is 72.6 Å². The van der Waals surface area contributed by atoms with Crippen LogP contribution in [0.25, 0.3) is 22.2 Å². The fourth-order valence-electron chi connectivity index (χ4n) is 3.64. The number of aromatic nitrogens is 2. The Bertz CT molecular complexity index is 1320. The van der Waals surface area contributed by atoms with Crippen molar-refractivity contribution in [1.29, 1.82) is 0 Å². The van der Waals surface area contributed by atoms with Gasteiger partial charge in [0, 0.05) is 34.5 Å². The molecule has 0 atom stereocenters. The van der Waals surface area contributed by atoms with Crippen molar-refractivity contribution < 1.29 is 27.1 Å². The molecule has 0 saturated heterocycles. The van der Waals surface area contributed by atoms with Crippen LogP contribution in [0.1, 0.15) is 42.5 Å². The van der Waals surface area contributed by atoms with E-state index in [0.717, 1.165) is 5.56 Å². The van der Waals surface area contributed by atoms with Crippen LogP contribution >= 0.6 is 22.9 Å². The maximum absolute atomic E-state index is 13.8. The van der Waals surface area contributed by atoms with Crippen molar-refractivity contribution in [2.45, 2.75) is 31.9 Å². The SMILES string of the molecule is CC(C)n1c(C(F)F)nc2cc(C(=O)Nc3ccc(OC(F)(F)Cl)cc3)cc(-c3ccsc3)c21. The molecule has 0 radical (unpaired) electrons. The highest BCUT2D eigenvalue weighted by Crippen LogP contribution is 2.36. The van der Waals surface area contributed by atoms with Gasteiger partial charge in [0.2, 0.25) is 0 Å². The van der Waals surface area contributed by atoms with E-state index in [9.17, 15) is 22.4 Å². The lowest BCUT2D eigenvalue weighted by Crippen LogP contribution is -2.16. The smallest absolute Gasteiger partial charge is 0.420 e. The predicted molar refractivity (Wildman–Crippen MR) is 124 cm³/mol. The summed E-state index contributed by atoms with van der Waals surface area (Å²) in [5, 5.41) is 6.37. The van der Waals surface area contributed by atoms with E-state index in [-0.39, 0.29) is 28.7 Å². The molecule has 34 heavy (non-hydrogen) atoms. The lowest BCUT2D eigenvalue weighted by Gasteiger charge is -2.15. The fraction of sp³-hybridized carbons (Fsp3) is 0.217. The molecule has 0 spiro atoms. The summed E-state index contributed by atoms with van der Waals surface area (Å²) in [5.74, 6) is -1.07. The minimum atomic E-state index is -3.85. The van der Waals surface area contributed by atoms with E-state index in [4.69, 9.17) is 11.6 Å². The second-order valence-electron chi connectivity index (χ2n) is 7.66. The summed E-state index contributed by atoms with van der Waals surface area (Å²) in [6.07, 6.45) is -2.79. The molecular weight excluding hydrogens is 494 g/mol. The number of nitrogens with zero attached hydrogens (tertiary/aromatic N) is 2. The van der Waals surface area contributed by atoms with Crippen molar-refractivity contribution in [2.24, 2.45) is 0 Å².